The molecule has 11 heteroatoms. The predicted molar refractivity (Wildman–Crippen MR) is 148 cm³/mol. The number of hydrogen-bond donors (Lipinski definition) is 3. The lowest BCUT2D eigenvalue weighted by atomic mass is 10.0. The lowest BCUT2D eigenvalue weighted by Crippen LogP contribution is -2.33. The van der Waals surface area contributed by atoms with Gasteiger partial charge in [-0.2, -0.15) is 0 Å². The quantitative estimate of drug-likeness (QED) is 0.356. The average Bonchev–Trinajstić information content (AvgIpc) is 3.25. The van der Waals surface area contributed by atoms with Gasteiger partial charge in [-0.15, -0.1) is 0 Å². The van der Waals surface area contributed by atoms with Gasteiger partial charge in [0, 0.05) is 48.1 Å². The van der Waals surface area contributed by atoms with Crippen molar-refractivity contribution in [3.05, 3.63) is 87.7 Å². The minimum absolute atomic E-state index is 0.0315. The van der Waals surface area contributed by atoms with E-state index in [2.05, 4.69) is 15.6 Å². The second-order valence-electron chi connectivity index (χ2n) is 8.87. The molecule has 1 aromatic heterocycles. The molecule has 1 aliphatic rings. The van der Waals surface area contributed by atoms with Crippen LogP contribution in [0.1, 0.15) is 26.4 Å². The first-order valence-electron chi connectivity index (χ1n) is 11.6. The number of nitrogens with one attached hydrogen (secondary N) is 2. The van der Waals surface area contributed by atoms with Crippen molar-refractivity contribution in [2.45, 2.75) is 0 Å². The van der Waals surface area contributed by atoms with E-state index in [9.17, 15) is 19.5 Å². The SMILES string of the molecule is CN(C)CCN1CC=C(c2ccc(C(=O)Nc3c(O)cc(Cl)cc3NC(=O)c3ccc(Cl)cn3)cc2)C1=O. The number of aromatic hydroxyl groups is 1. The number of hydrogen-bond acceptors (Lipinski definition) is 6. The van der Waals surface area contributed by atoms with E-state index in [1.807, 2.05) is 25.1 Å². The van der Waals surface area contributed by atoms with Gasteiger partial charge in [0.15, 0.2) is 0 Å². The Bertz CT molecular complexity index is 1410. The van der Waals surface area contributed by atoms with Crippen LogP contribution in [0.15, 0.2) is 60.8 Å². The molecule has 3 N–H and O–H groups in total. The highest BCUT2D eigenvalue weighted by Crippen LogP contribution is 2.36. The smallest absolute Gasteiger partial charge is 0.274 e. The fourth-order valence-corrected chi connectivity index (χ4v) is 4.13. The molecule has 0 fully saturated rings. The van der Waals surface area contributed by atoms with Crippen LogP contribution >= 0.6 is 23.2 Å². The van der Waals surface area contributed by atoms with Gasteiger partial charge in [0.2, 0.25) is 0 Å². The van der Waals surface area contributed by atoms with E-state index in [0.29, 0.717) is 29.2 Å². The fraction of sp³-hybridized carbons (Fsp3) is 0.185. The van der Waals surface area contributed by atoms with Gasteiger partial charge in [-0.05, 0) is 50.0 Å². The molecule has 1 aliphatic heterocycles. The Morgan fingerprint density at radius 1 is 1.03 bits per heavy atom. The summed E-state index contributed by atoms with van der Waals surface area (Å²) in [5.74, 6) is -1.50. The Hall–Kier alpha value is -3.92. The van der Waals surface area contributed by atoms with Crippen LogP contribution in [-0.2, 0) is 4.79 Å². The number of anilines is 2. The van der Waals surface area contributed by atoms with E-state index in [4.69, 9.17) is 23.2 Å². The number of likely N-dealkylation sites (N-methyl/N-ethyl adjacent to an activating group) is 1. The van der Waals surface area contributed by atoms with Gasteiger partial charge in [0.1, 0.15) is 17.1 Å². The summed E-state index contributed by atoms with van der Waals surface area (Å²) in [6.07, 6.45) is 3.21. The first-order valence-corrected chi connectivity index (χ1v) is 12.4. The van der Waals surface area contributed by atoms with E-state index in [0.717, 1.165) is 6.54 Å². The highest BCUT2D eigenvalue weighted by Gasteiger charge is 2.25. The molecular formula is C27H25Cl2N5O4. The van der Waals surface area contributed by atoms with Crippen molar-refractivity contribution in [3.63, 3.8) is 0 Å². The fourth-order valence-electron chi connectivity index (χ4n) is 3.80. The minimum atomic E-state index is -0.586. The minimum Gasteiger partial charge on any atom is -0.506 e. The highest BCUT2D eigenvalue weighted by atomic mass is 35.5. The van der Waals surface area contributed by atoms with E-state index in [-0.39, 0.29) is 39.3 Å². The molecule has 0 radical (unpaired) electrons. The first-order chi connectivity index (χ1) is 18.1. The second kappa shape index (κ2) is 11.6. The number of phenolic OH excluding ortho intramolecular Hbond substituents is 1. The number of benzene rings is 2. The van der Waals surface area contributed by atoms with Gasteiger partial charge in [-0.3, -0.25) is 14.4 Å². The van der Waals surface area contributed by atoms with Crippen molar-refractivity contribution in [1.29, 1.82) is 0 Å². The number of aromatic nitrogens is 1. The standard InChI is InChI=1S/C27H25Cl2N5O4/c1-33(2)11-12-34-10-9-20(27(34)38)16-3-5-17(6-4-16)25(36)32-24-22(13-19(29)14-23(24)35)31-26(37)21-8-7-18(28)15-30-21/h3-9,13-15,35H,10-12H2,1-2H3,(H,31,37)(H,32,36). The molecule has 0 bridgehead atoms. The van der Waals surface area contributed by atoms with Crippen molar-refractivity contribution >= 4 is 57.9 Å². The Labute approximate surface area is 229 Å². The maximum Gasteiger partial charge on any atom is 0.274 e. The molecule has 3 amide bonds. The van der Waals surface area contributed by atoms with Crippen molar-refractivity contribution in [2.24, 2.45) is 0 Å². The topological polar surface area (TPSA) is 115 Å². The molecule has 9 nitrogen and oxygen atoms in total. The van der Waals surface area contributed by atoms with Crippen LogP contribution in [0, 0.1) is 0 Å². The van der Waals surface area contributed by atoms with Crippen LogP contribution in [0.5, 0.6) is 5.75 Å². The molecular weight excluding hydrogens is 529 g/mol. The number of halogens is 2. The molecule has 0 saturated carbocycles. The summed E-state index contributed by atoms with van der Waals surface area (Å²) in [6.45, 7) is 1.94. The average molecular weight is 554 g/mol. The maximum absolute atomic E-state index is 13.0. The number of amides is 3. The van der Waals surface area contributed by atoms with Crippen molar-refractivity contribution in [1.82, 2.24) is 14.8 Å². The van der Waals surface area contributed by atoms with Crippen LogP contribution in [0.4, 0.5) is 11.4 Å². The van der Waals surface area contributed by atoms with Gasteiger partial charge in [0.05, 0.1) is 10.7 Å². The molecule has 4 rings (SSSR count). The molecule has 0 aliphatic carbocycles. The predicted octanol–water partition coefficient (Wildman–Crippen LogP) is 4.39. The Balaban J connectivity index is 1.48. The summed E-state index contributed by atoms with van der Waals surface area (Å²) in [5.41, 5.74) is 1.72. The summed E-state index contributed by atoms with van der Waals surface area (Å²) in [5, 5.41) is 16.2. The molecule has 38 heavy (non-hydrogen) atoms. The first kappa shape index (κ1) is 27.1. The number of carbonyl (C=O) groups is 3. The second-order valence-corrected chi connectivity index (χ2v) is 9.74. The number of carbonyl (C=O) groups excluding carboxylic acids is 3. The molecule has 0 atom stereocenters. The summed E-state index contributed by atoms with van der Waals surface area (Å²) >= 11 is 11.9. The third kappa shape index (κ3) is 6.31. The molecule has 2 heterocycles. The third-order valence-electron chi connectivity index (χ3n) is 5.84. The number of nitrogens with zero attached hydrogens (tertiary/aromatic N) is 3. The normalized spacial score (nSPS) is 13.0. The van der Waals surface area contributed by atoms with E-state index < -0.39 is 11.8 Å². The van der Waals surface area contributed by atoms with Crippen molar-refractivity contribution in [2.75, 3.05) is 44.4 Å². The summed E-state index contributed by atoms with van der Waals surface area (Å²) in [4.78, 5) is 46.2. The number of phenols is 1. The molecule has 0 spiro atoms. The Morgan fingerprint density at radius 3 is 2.42 bits per heavy atom. The van der Waals surface area contributed by atoms with E-state index >= 15 is 0 Å². The van der Waals surface area contributed by atoms with E-state index in [1.165, 1.54) is 30.5 Å². The molecule has 3 aromatic rings. The van der Waals surface area contributed by atoms with Crippen LogP contribution < -0.4 is 10.6 Å². The summed E-state index contributed by atoms with van der Waals surface area (Å²) in [6, 6.07) is 12.2. The van der Waals surface area contributed by atoms with Crippen LogP contribution in [0.25, 0.3) is 5.57 Å². The molecule has 0 saturated heterocycles. The molecule has 0 unspecified atom stereocenters. The van der Waals surface area contributed by atoms with E-state index in [1.54, 1.807) is 29.2 Å². The van der Waals surface area contributed by atoms with Crippen LogP contribution in [-0.4, -0.2) is 71.3 Å². The van der Waals surface area contributed by atoms with Gasteiger partial charge in [0.25, 0.3) is 17.7 Å². The Kier molecular flexibility index (Phi) is 8.31. The highest BCUT2D eigenvalue weighted by molar-refractivity contribution is 6.31. The molecule has 196 valence electrons. The number of rotatable bonds is 8. The zero-order valence-electron chi connectivity index (χ0n) is 20.7. The van der Waals surface area contributed by atoms with Gasteiger partial charge < -0.3 is 25.5 Å². The zero-order valence-corrected chi connectivity index (χ0v) is 22.2. The summed E-state index contributed by atoms with van der Waals surface area (Å²) in [7, 11) is 3.91. The van der Waals surface area contributed by atoms with Crippen LogP contribution in [0.2, 0.25) is 10.0 Å². The van der Waals surface area contributed by atoms with Crippen molar-refractivity contribution < 1.29 is 19.5 Å². The number of pyridine rings is 1. The monoisotopic (exact) mass is 553 g/mol. The van der Waals surface area contributed by atoms with Gasteiger partial charge in [-0.1, -0.05) is 41.4 Å². The molecule has 2 aromatic carbocycles. The largest absolute Gasteiger partial charge is 0.506 e. The Morgan fingerprint density at radius 2 is 1.76 bits per heavy atom. The third-order valence-corrected chi connectivity index (χ3v) is 6.28. The van der Waals surface area contributed by atoms with Crippen molar-refractivity contribution in [3.8, 4) is 5.75 Å². The van der Waals surface area contributed by atoms with Gasteiger partial charge in [-0.25, -0.2) is 4.98 Å². The van der Waals surface area contributed by atoms with Crippen LogP contribution in [0.3, 0.4) is 0 Å². The summed E-state index contributed by atoms with van der Waals surface area (Å²) < 4.78 is 0. The lowest BCUT2D eigenvalue weighted by Gasteiger charge is -2.19. The zero-order chi connectivity index (χ0) is 27.4. The lowest BCUT2D eigenvalue weighted by molar-refractivity contribution is -0.123. The van der Waals surface area contributed by atoms with Gasteiger partial charge >= 0.3 is 0 Å². The maximum atomic E-state index is 13.0.